The van der Waals surface area contributed by atoms with Crippen LogP contribution in [0.4, 0.5) is 0 Å². The van der Waals surface area contributed by atoms with Gasteiger partial charge in [-0.15, -0.1) is 0 Å². The molecule has 5 heteroatoms. The summed E-state index contributed by atoms with van der Waals surface area (Å²) >= 11 is 0. The molecule has 3 atom stereocenters. The van der Waals surface area contributed by atoms with Crippen molar-refractivity contribution in [2.45, 2.75) is 38.4 Å². The van der Waals surface area contributed by atoms with E-state index in [1.165, 1.54) is 0 Å². The largest absolute Gasteiger partial charge is 0.479 e. The van der Waals surface area contributed by atoms with Crippen LogP contribution in [0, 0.1) is 18.3 Å². The van der Waals surface area contributed by atoms with Gasteiger partial charge < -0.3 is 9.84 Å². The molecule has 0 radical (unpaired) electrons. The second-order valence-electron chi connectivity index (χ2n) is 6.49. The predicted molar refractivity (Wildman–Crippen MR) is 93.5 cm³/mol. The number of aryl methyl sites for hydroxylation is 1. The Hall–Kier alpha value is -2.84. The average Bonchev–Trinajstić information content (AvgIpc) is 3.06. The van der Waals surface area contributed by atoms with Crippen LogP contribution in [0.1, 0.15) is 41.5 Å². The van der Waals surface area contributed by atoms with Crippen LogP contribution in [0.15, 0.2) is 42.6 Å². The smallest absolute Gasteiger partial charge is 0.180 e. The minimum atomic E-state index is -0.604. The Bertz CT molecular complexity index is 986. The predicted octanol–water partition coefficient (Wildman–Crippen LogP) is 3.31. The molecule has 5 nitrogen and oxygen atoms in total. The molecular weight excluding hydrogens is 314 g/mol. The number of hydrogen-bond donors (Lipinski definition) is 1. The lowest BCUT2D eigenvalue weighted by Gasteiger charge is -2.20. The van der Waals surface area contributed by atoms with Gasteiger partial charge in [0.05, 0.1) is 23.9 Å². The summed E-state index contributed by atoms with van der Waals surface area (Å²) in [7, 11) is 0. The van der Waals surface area contributed by atoms with Gasteiger partial charge in [-0.2, -0.15) is 5.26 Å². The molecule has 1 aliphatic carbocycles. The normalized spacial score (nSPS) is 21.9. The van der Waals surface area contributed by atoms with E-state index in [0.29, 0.717) is 17.8 Å². The van der Waals surface area contributed by atoms with E-state index in [2.05, 4.69) is 11.1 Å². The van der Waals surface area contributed by atoms with E-state index in [0.717, 1.165) is 22.5 Å². The van der Waals surface area contributed by atoms with Crippen molar-refractivity contribution in [3.63, 3.8) is 0 Å². The summed E-state index contributed by atoms with van der Waals surface area (Å²) in [5.74, 6) is 0.638. The van der Waals surface area contributed by atoms with Crippen molar-refractivity contribution in [3.05, 3.63) is 65.1 Å². The summed E-state index contributed by atoms with van der Waals surface area (Å²) in [5, 5.41) is 19.7. The van der Waals surface area contributed by atoms with Crippen molar-refractivity contribution in [2.24, 2.45) is 0 Å². The van der Waals surface area contributed by atoms with E-state index in [4.69, 9.17) is 10.00 Å². The SMILES string of the molecule is Cc1nc2c(OC3c4ccccc4C(C)C3O)cccn2c1CC#N. The Morgan fingerprint density at radius 2 is 2.00 bits per heavy atom. The van der Waals surface area contributed by atoms with Crippen molar-refractivity contribution < 1.29 is 9.84 Å². The van der Waals surface area contributed by atoms with Crippen molar-refractivity contribution in [1.29, 1.82) is 5.26 Å². The first-order chi connectivity index (χ1) is 12.1. The standard InChI is InChI=1S/C20H19N3O2/c1-12-14-6-3-4-7-15(14)19(18(12)24)25-17-8-5-11-23-16(9-10-21)13(2)22-20(17)23/h3-8,11-12,18-19,24H,9H2,1-2H3. The molecule has 0 spiro atoms. The molecule has 0 aliphatic heterocycles. The number of nitriles is 1. The molecule has 25 heavy (non-hydrogen) atoms. The lowest BCUT2D eigenvalue weighted by molar-refractivity contribution is 0.0368. The first kappa shape index (κ1) is 15.7. The van der Waals surface area contributed by atoms with Gasteiger partial charge in [-0.3, -0.25) is 4.40 Å². The number of benzene rings is 1. The van der Waals surface area contributed by atoms with Gasteiger partial charge in [0.1, 0.15) is 6.10 Å². The molecule has 3 unspecified atom stereocenters. The maximum atomic E-state index is 10.7. The first-order valence-electron chi connectivity index (χ1n) is 8.39. The van der Waals surface area contributed by atoms with Crippen molar-refractivity contribution in [2.75, 3.05) is 0 Å². The fourth-order valence-electron chi connectivity index (χ4n) is 3.67. The Labute approximate surface area is 146 Å². The van der Waals surface area contributed by atoms with Crippen LogP contribution in [0.25, 0.3) is 5.65 Å². The number of hydrogen-bond acceptors (Lipinski definition) is 4. The Kier molecular flexibility index (Phi) is 3.70. The molecule has 1 N–H and O–H groups in total. The highest BCUT2D eigenvalue weighted by atomic mass is 16.5. The van der Waals surface area contributed by atoms with Gasteiger partial charge >= 0.3 is 0 Å². The van der Waals surface area contributed by atoms with Crippen LogP contribution >= 0.6 is 0 Å². The molecule has 2 aromatic heterocycles. The zero-order valence-electron chi connectivity index (χ0n) is 14.2. The number of nitrogens with zero attached hydrogens (tertiary/aromatic N) is 3. The lowest BCUT2D eigenvalue weighted by atomic mass is 10.0. The van der Waals surface area contributed by atoms with Crippen molar-refractivity contribution in [3.8, 4) is 11.8 Å². The zero-order valence-corrected chi connectivity index (χ0v) is 14.2. The van der Waals surface area contributed by atoms with Crippen LogP contribution in [-0.4, -0.2) is 20.6 Å². The van der Waals surface area contributed by atoms with Crippen molar-refractivity contribution in [1.82, 2.24) is 9.38 Å². The third kappa shape index (κ3) is 2.38. The van der Waals surface area contributed by atoms with E-state index < -0.39 is 12.2 Å². The topological polar surface area (TPSA) is 70.6 Å². The third-order valence-electron chi connectivity index (χ3n) is 5.03. The lowest BCUT2D eigenvalue weighted by Crippen LogP contribution is -2.21. The van der Waals surface area contributed by atoms with Gasteiger partial charge in [-0.25, -0.2) is 4.98 Å². The van der Waals surface area contributed by atoms with Crippen molar-refractivity contribution >= 4 is 5.65 Å². The number of fused-ring (bicyclic) bond motifs is 2. The van der Waals surface area contributed by atoms with Crippen LogP contribution < -0.4 is 4.74 Å². The Balaban J connectivity index is 1.77. The zero-order chi connectivity index (χ0) is 17.6. The first-order valence-corrected chi connectivity index (χ1v) is 8.39. The molecule has 0 saturated heterocycles. The average molecular weight is 333 g/mol. The van der Waals surface area contributed by atoms with Gasteiger partial charge in [-0.05, 0) is 30.2 Å². The molecule has 4 rings (SSSR count). The Morgan fingerprint density at radius 1 is 1.24 bits per heavy atom. The molecule has 0 bridgehead atoms. The maximum absolute atomic E-state index is 10.7. The monoisotopic (exact) mass is 333 g/mol. The van der Waals surface area contributed by atoms with E-state index in [-0.39, 0.29) is 5.92 Å². The second-order valence-corrected chi connectivity index (χ2v) is 6.49. The van der Waals surface area contributed by atoms with Gasteiger partial charge in [0, 0.05) is 12.1 Å². The van der Waals surface area contributed by atoms with Crippen LogP contribution in [0.3, 0.4) is 0 Å². The molecule has 0 amide bonds. The minimum absolute atomic E-state index is 0.0246. The molecule has 0 fully saturated rings. The summed E-state index contributed by atoms with van der Waals surface area (Å²) < 4.78 is 8.12. The van der Waals surface area contributed by atoms with Gasteiger partial charge in [0.15, 0.2) is 17.5 Å². The number of aliphatic hydroxyl groups excluding tert-OH is 1. The molecule has 2 heterocycles. The molecule has 3 aromatic rings. The van der Waals surface area contributed by atoms with Gasteiger partial charge in [0.2, 0.25) is 0 Å². The number of imidazole rings is 1. The molecular formula is C20H19N3O2. The summed E-state index contributed by atoms with van der Waals surface area (Å²) in [4.78, 5) is 4.58. The summed E-state index contributed by atoms with van der Waals surface area (Å²) in [6.45, 7) is 3.91. The highest BCUT2D eigenvalue weighted by Crippen LogP contribution is 2.43. The number of rotatable bonds is 3. The Morgan fingerprint density at radius 3 is 2.76 bits per heavy atom. The summed E-state index contributed by atoms with van der Waals surface area (Å²) in [6.07, 6.45) is 1.15. The van der Waals surface area contributed by atoms with Crippen LogP contribution in [-0.2, 0) is 6.42 Å². The molecule has 1 aliphatic rings. The minimum Gasteiger partial charge on any atom is -0.479 e. The number of aromatic nitrogens is 2. The van der Waals surface area contributed by atoms with Gasteiger partial charge in [0.25, 0.3) is 0 Å². The highest BCUT2D eigenvalue weighted by Gasteiger charge is 2.38. The quantitative estimate of drug-likeness (QED) is 0.798. The highest BCUT2D eigenvalue weighted by molar-refractivity contribution is 5.57. The second kappa shape index (κ2) is 5.91. The summed E-state index contributed by atoms with van der Waals surface area (Å²) in [5.41, 5.74) is 4.50. The number of ether oxygens (including phenoxy) is 1. The van der Waals surface area contributed by atoms with Crippen LogP contribution in [0.2, 0.25) is 0 Å². The molecule has 1 aromatic carbocycles. The van der Waals surface area contributed by atoms with E-state index in [9.17, 15) is 5.11 Å². The number of aliphatic hydroxyl groups is 1. The summed E-state index contributed by atoms with van der Waals surface area (Å²) in [6, 6.07) is 13.9. The van der Waals surface area contributed by atoms with Gasteiger partial charge in [-0.1, -0.05) is 31.2 Å². The molecule has 0 saturated carbocycles. The van der Waals surface area contributed by atoms with Crippen LogP contribution in [0.5, 0.6) is 5.75 Å². The van der Waals surface area contributed by atoms with E-state index in [1.54, 1.807) is 0 Å². The fourth-order valence-corrected chi connectivity index (χ4v) is 3.67. The molecule has 126 valence electrons. The maximum Gasteiger partial charge on any atom is 0.180 e. The van der Waals surface area contributed by atoms with E-state index in [1.807, 2.05) is 60.8 Å². The fraction of sp³-hybridized carbons (Fsp3) is 0.300. The number of pyridine rings is 1. The van der Waals surface area contributed by atoms with E-state index >= 15 is 0 Å². The third-order valence-corrected chi connectivity index (χ3v) is 5.03.